The summed E-state index contributed by atoms with van der Waals surface area (Å²) < 4.78 is 11.0. The van der Waals surface area contributed by atoms with Crippen LogP contribution in [0.3, 0.4) is 0 Å². The molecule has 0 fully saturated rings. The zero-order valence-corrected chi connectivity index (χ0v) is 10.8. The van der Waals surface area contributed by atoms with Gasteiger partial charge in [-0.1, -0.05) is 13.8 Å². The van der Waals surface area contributed by atoms with Crippen LogP contribution in [0.25, 0.3) is 0 Å². The number of carbonyl (C=O) groups is 2. The fourth-order valence-corrected chi connectivity index (χ4v) is 1.37. The van der Waals surface area contributed by atoms with Crippen molar-refractivity contribution in [2.45, 2.75) is 52.2 Å². The minimum absolute atomic E-state index is 0. The fraction of sp³-hybridized carbons (Fsp3) is 0.833. The van der Waals surface area contributed by atoms with Gasteiger partial charge in [0.2, 0.25) is 0 Å². The monoisotopic (exact) mass is 318 g/mol. The topological polar surface area (TPSA) is 72.8 Å². The number of ether oxygens (including phenoxy) is 2. The molecule has 0 saturated carbocycles. The molecular formula is C12H25GaO5. The van der Waals surface area contributed by atoms with Crippen LogP contribution >= 0.6 is 0 Å². The van der Waals surface area contributed by atoms with E-state index in [9.17, 15) is 9.59 Å². The predicted octanol–water partition coefficient (Wildman–Crippen LogP) is 0.806. The average molecular weight is 319 g/mol. The van der Waals surface area contributed by atoms with Crippen molar-refractivity contribution < 1.29 is 24.2 Å². The molecule has 0 spiro atoms. The first-order valence-electron chi connectivity index (χ1n) is 5.95. The fourth-order valence-electron chi connectivity index (χ4n) is 1.37. The standard InChI is InChI=1S/C12H22O5.Ga.3H/c1-4-6-16-12(3,17-7-5-2)9-10(13)8-11(14)15;;;;/h4-9H2,1-3H3,(H,14,15);;;;. The first-order valence-corrected chi connectivity index (χ1v) is 5.95. The zero-order chi connectivity index (χ0) is 13.3. The van der Waals surface area contributed by atoms with Crippen LogP contribution in [0, 0.1) is 0 Å². The maximum atomic E-state index is 11.5. The number of rotatable bonds is 10. The third-order valence-electron chi connectivity index (χ3n) is 2.09. The summed E-state index contributed by atoms with van der Waals surface area (Å²) >= 11 is 0. The number of Topliss-reactive ketones (excluding diaryl/α,β-unsaturated/α-hetero) is 1. The summed E-state index contributed by atoms with van der Waals surface area (Å²) in [6, 6.07) is 0. The number of hydrogen-bond donors (Lipinski definition) is 1. The number of aliphatic carboxylic acids is 1. The summed E-state index contributed by atoms with van der Waals surface area (Å²) in [5, 5.41) is 8.53. The summed E-state index contributed by atoms with van der Waals surface area (Å²) in [7, 11) is 0. The molecule has 0 aliphatic rings. The third-order valence-corrected chi connectivity index (χ3v) is 2.09. The van der Waals surface area contributed by atoms with E-state index in [0.717, 1.165) is 12.8 Å². The van der Waals surface area contributed by atoms with Gasteiger partial charge in [-0.3, -0.25) is 9.59 Å². The van der Waals surface area contributed by atoms with Gasteiger partial charge in [0.1, 0.15) is 12.2 Å². The van der Waals surface area contributed by atoms with Gasteiger partial charge in [0.25, 0.3) is 0 Å². The summed E-state index contributed by atoms with van der Waals surface area (Å²) in [5.74, 6) is -2.51. The average Bonchev–Trinajstić information content (AvgIpc) is 2.22. The van der Waals surface area contributed by atoms with Crippen LogP contribution in [-0.4, -0.2) is 55.7 Å². The normalized spacial score (nSPS) is 10.8. The second-order valence-electron chi connectivity index (χ2n) is 4.12. The van der Waals surface area contributed by atoms with E-state index in [1.54, 1.807) is 6.92 Å². The molecule has 0 heterocycles. The van der Waals surface area contributed by atoms with Crippen LogP contribution < -0.4 is 0 Å². The Labute approximate surface area is 121 Å². The zero-order valence-electron chi connectivity index (χ0n) is 10.8. The molecule has 0 bridgehead atoms. The van der Waals surface area contributed by atoms with Crippen LogP contribution in [0.4, 0.5) is 0 Å². The van der Waals surface area contributed by atoms with Gasteiger partial charge in [0.05, 0.1) is 6.42 Å². The predicted molar refractivity (Wildman–Crippen MR) is 72.7 cm³/mol. The molecule has 5 nitrogen and oxygen atoms in total. The van der Waals surface area contributed by atoms with Crippen molar-refractivity contribution in [3.63, 3.8) is 0 Å². The van der Waals surface area contributed by atoms with Crippen LogP contribution in [0.1, 0.15) is 46.5 Å². The van der Waals surface area contributed by atoms with Gasteiger partial charge in [-0.25, -0.2) is 0 Å². The Bertz CT molecular complexity index is 247. The number of carboxylic acid groups (broad SMARTS) is 1. The Morgan fingerprint density at radius 3 is 1.89 bits per heavy atom. The molecule has 0 aliphatic carbocycles. The summed E-state index contributed by atoms with van der Waals surface area (Å²) in [4.78, 5) is 21.9. The van der Waals surface area contributed by atoms with E-state index < -0.39 is 18.2 Å². The summed E-state index contributed by atoms with van der Waals surface area (Å²) in [5.41, 5.74) is 0. The van der Waals surface area contributed by atoms with Crippen molar-refractivity contribution in [3.05, 3.63) is 0 Å². The van der Waals surface area contributed by atoms with Gasteiger partial charge < -0.3 is 14.6 Å². The number of ketones is 1. The molecule has 0 amide bonds. The molecule has 0 unspecified atom stereocenters. The van der Waals surface area contributed by atoms with Crippen LogP contribution in [0.5, 0.6) is 0 Å². The van der Waals surface area contributed by atoms with Crippen LogP contribution in [0.15, 0.2) is 0 Å². The van der Waals surface area contributed by atoms with Gasteiger partial charge in [-0.15, -0.1) is 0 Å². The van der Waals surface area contributed by atoms with Gasteiger partial charge in [-0.2, -0.15) is 0 Å². The molecule has 0 radical (unpaired) electrons. The molecule has 18 heavy (non-hydrogen) atoms. The molecule has 0 aromatic carbocycles. The Morgan fingerprint density at radius 1 is 1.11 bits per heavy atom. The third kappa shape index (κ3) is 9.70. The van der Waals surface area contributed by atoms with Crippen LogP contribution in [-0.2, 0) is 19.1 Å². The van der Waals surface area contributed by atoms with E-state index in [4.69, 9.17) is 14.6 Å². The first-order chi connectivity index (χ1) is 7.93. The Balaban J connectivity index is 0. The molecule has 6 heteroatoms. The van der Waals surface area contributed by atoms with E-state index >= 15 is 0 Å². The van der Waals surface area contributed by atoms with Crippen molar-refractivity contribution in [3.8, 4) is 0 Å². The SMILES string of the molecule is CCCOC(C)(CC(=O)CC(=O)O)OCCC.[GaH3]. The number of carbonyl (C=O) groups excluding carboxylic acids is 1. The van der Waals surface area contributed by atoms with E-state index in [1.165, 1.54) is 0 Å². The number of carboxylic acids is 1. The summed E-state index contributed by atoms with van der Waals surface area (Å²) in [6.45, 7) is 6.57. The van der Waals surface area contributed by atoms with E-state index in [-0.39, 0.29) is 32.0 Å². The van der Waals surface area contributed by atoms with Crippen molar-refractivity contribution in [2.75, 3.05) is 13.2 Å². The second-order valence-corrected chi connectivity index (χ2v) is 4.12. The summed E-state index contributed by atoms with van der Waals surface area (Å²) in [6.07, 6.45) is 1.12. The molecule has 0 saturated heterocycles. The quantitative estimate of drug-likeness (QED) is 0.366. The van der Waals surface area contributed by atoms with E-state index in [1.807, 2.05) is 13.8 Å². The molecule has 0 aromatic rings. The first kappa shape index (κ1) is 20.0. The van der Waals surface area contributed by atoms with Crippen LogP contribution in [0.2, 0.25) is 0 Å². The Hall–Kier alpha value is -0.304. The molecule has 0 aromatic heterocycles. The minimum atomic E-state index is -1.12. The van der Waals surface area contributed by atoms with Gasteiger partial charge in [0, 0.05) is 13.2 Å². The van der Waals surface area contributed by atoms with Gasteiger partial charge in [0.15, 0.2) is 5.79 Å². The second kappa shape index (κ2) is 10.6. The van der Waals surface area contributed by atoms with Crippen molar-refractivity contribution in [1.82, 2.24) is 0 Å². The molecular weight excluding hydrogens is 294 g/mol. The Morgan fingerprint density at radius 2 is 1.56 bits per heavy atom. The number of hydrogen-bond acceptors (Lipinski definition) is 4. The maximum absolute atomic E-state index is 11.5. The Kier molecular flexibility index (Phi) is 11.8. The van der Waals surface area contributed by atoms with Crippen molar-refractivity contribution >= 4 is 31.5 Å². The molecule has 1 N–H and O–H groups in total. The molecule has 0 aliphatic heterocycles. The van der Waals surface area contributed by atoms with E-state index in [2.05, 4.69) is 0 Å². The van der Waals surface area contributed by atoms with Gasteiger partial charge >= 0.3 is 25.8 Å². The molecule has 106 valence electrons. The van der Waals surface area contributed by atoms with Crippen molar-refractivity contribution in [2.24, 2.45) is 0 Å². The van der Waals surface area contributed by atoms with Crippen molar-refractivity contribution in [1.29, 1.82) is 0 Å². The van der Waals surface area contributed by atoms with Gasteiger partial charge in [-0.05, 0) is 19.8 Å². The molecule has 0 atom stereocenters. The molecule has 0 rings (SSSR count). The van der Waals surface area contributed by atoms with E-state index in [0.29, 0.717) is 13.2 Å².